The lowest BCUT2D eigenvalue weighted by atomic mass is 9.95. The third-order valence-electron chi connectivity index (χ3n) is 2.87. The molecule has 128 valence electrons. The molecule has 0 aromatic rings. The summed E-state index contributed by atoms with van der Waals surface area (Å²) < 4.78 is 14.5. The zero-order valence-corrected chi connectivity index (χ0v) is 14.2. The van der Waals surface area contributed by atoms with Gasteiger partial charge in [0.05, 0.1) is 20.1 Å². The Hall–Kier alpha value is -1.79. The lowest BCUT2D eigenvalue weighted by molar-refractivity contribution is -0.148. The van der Waals surface area contributed by atoms with Crippen LogP contribution < -0.4 is 5.32 Å². The van der Waals surface area contributed by atoms with Gasteiger partial charge in [-0.1, -0.05) is 13.3 Å². The summed E-state index contributed by atoms with van der Waals surface area (Å²) >= 11 is 0. The Kier molecular flexibility index (Phi) is 8.52. The van der Waals surface area contributed by atoms with Crippen LogP contribution in [0.4, 0.5) is 4.79 Å². The lowest BCUT2D eigenvalue weighted by Gasteiger charge is -2.24. The molecular weight excluding hydrogens is 290 g/mol. The molecule has 0 aliphatic rings. The Balaban J connectivity index is 4.93. The minimum atomic E-state index is -0.963. The average molecular weight is 317 g/mol. The molecule has 0 aromatic heterocycles. The van der Waals surface area contributed by atoms with Crippen LogP contribution in [0.3, 0.4) is 0 Å². The number of rotatable bonds is 7. The van der Waals surface area contributed by atoms with Crippen LogP contribution in [0.15, 0.2) is 0 Å². The molecule has 0 saturated carbocycles. The highest BCUT2D eigenvalue weighted by molar-refractivity contribution is 5.82. The first-order chi connectivity index (χ1) is 10.1. The zero-order chi connectivity index (χ0) is 17.3. The highest BCUT2D eigenvalue weighted by Gasteiger charge is 2.30. The van der Waals surface area contributed by atoms with E-state index in [2.05, 4.69) is 10.1 Å². The molecule has 2 unspecified atom stereocenters. The summed E-state index contributed by atoms with van der Waals surface area (Å²) in [4.78, 5) is 35.4. The van der Waals surface area contributed by atoms with Crippen LogP contribution in [0.1, 0.15) is 47.0 Å². The van der Waals surface area contributed by atoms with Crippen LogP contribution in [0.25, 0.3) is 0 Å². The van der Waals surface area contributed by atoms with Gasteiger partial charge in [0, 0.05) is 0 Å². The number of carbonyl (C=O) groups is 3. The van der Waals surface area contributed by atoms with Gasteiger partial charge in [0.2, 0.25) is 0 Å². The van der Waals surface area contributed by atoms with Crippen molar-refractivity contribution >= 4 is 18.0 Å². The minimum absolute atomic E-state index is 0.104. The third kappa shape index (κ3) is 7.85. The van der Waals surface area contributed by atoms with E-state index in [4.69, 9.17) is 9.47 Å². The van der Waals surface area contributed by atoms with Gasteiger partial charge in [0.1, 0.15) is 11.6 Å². The highest BCUT2D eigenvalue weighted by atomic mass is 16.6. The monoisotopic (exact) mass is 317 g/mol. The Morgan fingerprint density at radius 3 is 2.00 bits per heavy atom. The van der Waals surface area contributed by atoms with E-state index in [0.29, 0.717) is 6.42 Å². The van der Waals surface area contributed by atoms with E-state index in [0.717, 1.165) is 6.42 Å². The molecule has 7 heteroatoms. The molecule has 0 fully saturated rings. The van der Waals surface area contributed by atoms with Crippen molar-refractivity contribution < 1.29 is 28.6 Å². The second-order valence-electron chi connectivity index (χ2n) is 5.97. The van der Waals surface area contributed by atoms with Gasteiger partial charge in [-0.15, -0.1) is 0 Å². The van der Waals surface area contributed by atoms with Crippen LogP contribution in [-0.2, 0) is 23.8 Å². The Labute approximate surface area is 131 Å². The van der Waals surface area contributed by atoms with Crippen molar-refractivity contribution in [3.8, 4) is 0 Å². The maximum absolute atomic E-state index is 11.8. The number of nitrogens with one attached hydrogen (secondary N) is 1. The molecule has 0 aliphatic heterocycles. The molecule has 0 saturated heterocycles. The van der Waals surface area contributed by atoms with Crippen LogP contribution in [-0.4, -0.2) is 43.9 Å². The third-order valence-corrected chi connectivity index (χ3v) is 2.87. The fourth-order valence-corrected chi connectivity index (χ4v) is 1.94. The standard InChI is InChI=1S/C15H27NO6/c1-7-8-10(12(17)20-5)9-11(13(18)21-6)16-14(19)22-15(2,3)4/h10-11H,7-9H2,1-6H3,(H,16,19). The van der Waals surface area contributed by atoms with Crippen molar-refractivity contribution in [1.29, 1.82) is 0 Å². The van der Waals surface area contributed by atoms with E-state index >= 15 is 0 Å². The molecule has 1 amide bonds. The summed E-state index contributed by atoms with van der Waals surface area (Å²) in [7, 11) is 2.51. The van der Waals surface area contributed by atoms with E-state index in [1.54, 1.807) is 20.8 Å². The van der Waals surface area contributed by atoms with Crippen LogP contribution in [0.2, 0.25) is 0 Å². The van der Waals surface area contributed by atoms with Crippen LogP contribution in [0, 0.1) is 5.92 Å². The number of hydrogen-bond donors (Lipinski definition) is 1. The van der Waals surface area contributed by atoms with Gasteiger partial charge in [0.15, 0.2) is 0 Å². The molecule has 7 nitrogen and oxygen atoms in total. The fourth-order valence-electron chi connectivity index (χ4n) is 1.94. The van der Waals surface area contributed by atoms with E-state index in [1.165, 1.54) is 14.2 Å². The second kappa shape index (κ2) is 9.27. The van der Waals surface area contributed by atoms with Gasteiger partial charge in [-0.3, -0.25) is 4.79 Å². The molecule has 0 spiro atoms. The molecule has 0 heterocycles. The minimum Gasteiger partial charge on any atom is -0.469 e. The average Bonchev–Trinajstić information content (AvgIpc) is 2.42. The number of alkyl carbamates (subject to hydrolysis) is 1. The van der Waals surface area contributed by atoms with Crippen molar-refractivity contribution in [2.45, 2.75) is 58.6 Å². The predicted molar refractivity (Wildman–Crippen MR) is 80.2 cm³/mol. The van der Waals surface area contributed by atoms with Crippen molar-refractivity contribution in [2.24, 2.45) is 5.92 Å². The molecule has 1 N–H and O–H groups in total. The SMILES string of the molecule is CCCC(CC(NC(=O)OC(C)(C)C)C(=O)OC)C(=O)OC. The summed E-state index contributed by atoms with van der Waals surface area (Å²) in [6.07, 6.45) is 0.672. The first kappa shape index (κ1) is 20.2. The molecular formula is C15H27NO6. The van der Waals surface area contributed by atoms with Gasteiger partial charge < -0.3 is 19.5 Å². The predicted octanol–water partition coefficient (Wildman–Crippen LogP) is 2.03. The first-order valence-corrected chi connectivity index (χ1v) is 7.29. The summed E-state index contributed by atoms with van der Waals surface area (Å²) in [5, 5.41) is 2.45. The smallest absolute Gasteiger partial charge is 0.408 e. The zero-order valence-electron chi connectivity index (χ0n) is 14.2. The van der Waals surface area contributed by atoms with E-state index < -0.39 is 35.6 Å². The van der Waals surface area contributed by atoms with Crippen LogP contribution in [0.5, 0.6) is 0 Å². The molecule has 0 radical (unpaired) electrons. The summed E-state index contributed by atoms with van der Waals surface area (Å²) in [5.41, 5.74) is -0.685. The first-order valence-electron chi connectivity index (χ1n) is 7.29. The molecule has 0 aromatic carbocycles. The van der Waals surface area contributed by atoms with E-state index in [9.17, 15) is 14.4 Å². The Morgan fingerprint density at radius 1 is 1.05 bits per heavy atom. The van der Waals surface area contributed by atoms with Crippen LogP contribution >= 0.6 is 0 Å². The number of carbonyl (C=O) groups excluding carboxylic acids is 3. The van der Waals surface area contributed by atoms with Gasteiger partial charge in [-0.25, -0.2) is 9.59 Å². The quantitative estimate of drug-likeness (QED) is 0.570. The Morgan fingerprint density at radius 2 is 1.59 bits per heavy atom. The number of esters is 2. The Bertz CT molecular complexity index is 388. The fraction of sp³-hybridized carbons (Fsp3) is 0.800. The lowest BCUT2D eigenvalue weighted by Crippen LogP contribution is -2.45. The van der Waals surface area contributed by atoms with E-state index in [-0.39, 0.29) is 6.42 Å². The maximum atomic E-state index is 11.8. The van der Waals surface area contributed by atoms with Gasteiger partial charge in [-0.2, -0.15) is 0 Å². The number of ether oxygens (including phenoxy) is 3. The molecule has 2 atom stereocenters. The van der Waals surface area contributed by atoms with Crippen molar-refractivity contribution in [2.75, 3.05) is 14.2 Å². The summed E-state index contributed by atoms with van der Waals surface area (Å²) in [5.74, 6) is -1.54. The topological polar surface area (TPSA) is 90.9 Å². The largest absolute Gasteiger partial charge is 0.469 e. The van der Waals surface area contributed by atoms with Gasteiger partial charge in [-0.05, 0) is 33.6 Å². The van der Waals surface area contributed by atoms with Crippen molar-refractivity contribution in [1.82, 2.24) is 5.32 Å². The number of amides is 1. The maximum Gasteiger partial charge on any atom is 0.408 e. The van der Waals surface area contributed by atoms with E-state index in [1.807, 2.05) is 6.92 Å². The normalized spacial score (nSPS) is 13.7. The second-order valence-corrected chi connectivity index (χ2v) is 5.97. The van der Waals surface area contributed by atoms with Gasteiger partial charge in [0.25, 0.3) is 0 Å². The van der Waals surface area contributed by atoms with Crippen molar-refractivity contribution in [3.05, 3.63) is 0 Å². The number of hydrogen-bond acceptors (Lipinski definition) is 6. The highest BCUT2D eigenvalue weighted by Crippen LogP contribution is 2.17. The van der Waals surface area contributed by atoms with Gasteiger partial charge >= 0.3 is 18.0 Å². The number of methoxy groups -OCH3 is 2. The molecule has 22 heavy (non-hydrogen) atoms. The summed E-state index contributed by atoms with van der Waals surface area (Å²) in [6, 6.07) is -0.963. The summed E-state index contributed by atoms with van der Waals surface area (Å²) in [6.45, 7) is 7.07. The molecule has 0 rings (SSSR count). The molecule has 0 bridgehead atoms. The molecule has 0 aliphatic carbocycles. The van der Waals surface area contributed by atoms with Crippen molar-refractivity contribution in [3.63, 3.8) is 0 Å².